The van der Waals surface area contributed by atoms with Crippen LogP contribution in [-0.4, -0.2) is 15.9 Å². The molecule has 1 aromatic carbocycles. The van der Waals surface area contributed by atoms with E-state index in [4.69, 9.17) is 0 Å². The fraction of sp³-hybridized carbons (Fsp3) is 0.214. The molecule has 20 heavy (non-hydrogen) atoms. The lowest BCUT2D eigenvalue weighted by Crippen LogP contribution is -2.14. The highest BCUT2D eigenvalue weighted by Crippen LogP contribution is 2.16. The number of aromatic amines is 1. The Morgan fingerprint density at radius 2 is 2.05 bits per heavy atom. The number of anilines is 1. The maximum Gasteiger partial charge on any atom is 0.280 e. The monoisotopic (exact) mass is 334 g/mol. The molecule has 0 unspecified atom stereocenters. The molecule has 2 aromatic rings. The quantitative estimate of drug-likeness (QED) is 0.667. The summed E-state index contributed by atoms with van der Waals surface area (Å²) in [6.45, 7) is 4.14. The molecule has 0 radical (unpaired) electrons. The van der Waals surface area contributed by atoms with Crippen molar-refractivity contribution in [2.24, 2.45) is 11.0 Å². The molecule has 0 atom stereocenters. The van der Waals surface area contributed by atoms with Gasteiger partial charge in [-0.2, -0.15) is 10.2 Å². The fourth-order valence-corrected chi connectivity index (χ4v) is 2.00. The topological polar surface area (TPSA) is 70.1 Å². The van der Waals surface area contributed by atoms with Gasteiger partial charge in [0.15, 0.2) is 0 Å². The molecule has 0 bridgehead atoms. The molecule has 0 fully saturated rings. The number of hydrogen-bond donors (Lipinski definition) is 2. The predicted molar refractivity (Wildman–Crippen MR) is 84.0 cm³/mol. The Morgan fingerprint density at radius 3 is 2.70 bits per heavy atom. The van der Waals surface area contributed by atoms with Crippen molar-refractivity contribution >= 4 is 27.3 Å². The predicted octanol–water partition coefficient (Wildman–Crippen LogP) is 3.00. The van der Waals surface area contributed by atoms with Crippen molar-refractivity contribution in [1.82, 2.24) is 10.2 Å². The molecule has 0 saturated heterocycles. The highest BCUT2D eigenvalue weighted by Gasteiger charge is 2.09. The zero-order chi connectivity index (χ0) is 14.5. The standard InChI is InChI=1S/C14H15BrN4O/c1-9(2)13(10-6-4-3-5-7-10)18-17-11-8-16-19-14(20)12(11)15/h3-9H,1-2H3,(H2,17,19,20). The largest absolute Gasteiger partial charge is 0.280 e. The van der Waals surface area contributed by atoms with E-state index in [1.54, 1.807) is 0 Å². The highest BCUT2D eigenvalue weighted by atomic mass is 79.9. The smallest absolute Gasteiger partial charge is 0.275 e. The van der Waals surface area contributed by atoms with Gasteiger partial charge in [-0.3, -0.25) is 10.2 Å². The molecule has 1 heterocycles. The van der Waals surface area contributed by atoms with Crippen LogP contribution >= 0.6 is 15.9 Å². The van der Waals surface area contributed by atoms with E-state index >= 15 is 0 Å². The van der Waals surface area contributed by atoms with E-state index < -0.39 is 0 Å². The maximum atomic E-state index is 11.4. The first-order chi connectivity index (χ1) is 9.59. The van der Waals surface area contributed by atoms with Gasteiger partial charge in [-0.1, -0.05) is 44.2 Å². The van der Waals surface area contributed by atoms with Crippen molar-refractivity contribution in [3.8, 4) is 0 Å². The summed E-state index contributed by atoms with van der Waals surface area (Å²) in [6.07, 6.45) is 1.51. The minimum absolute atomic E-state index is 0.249. The Balaban J connectivity index is 2.32. The lowest BCUT2D eigenvalue weighted by atomic mass is 10.0. The van der Waals surface area contributed by atoms with Crippen molar-refractivity contribution in [3.05, 3.63) is 56.9 Å². The van der Waals surface area contributed by atoms with Crippen LogP contribution in [0.15, 0.2) is 50.9 Å². The molecule has 0 saturated carbocycles. The number of halogens is 1. The second-order valence-electron chi connectivity index (χ2n) is 4.56. The van der Waals surface area contributed by atoms with Gasteiger partial charge in [0.25, 0.3) is 5.56 Å². The van der Waals surface area contributed by atoms with E-state index in [1.165, 1.54) is 6.20 Å². The van der Waals surface area contributed by atoms with Crippen LogP contribution in [0, 0.1) is 5.92 Å². The van der Waals surface area contributed by atoms with E-state index in [2.05, 4.69) is 50.5 Å². The summed E-state index contributed by atoms with van der Waals surface area (Å²) >= 11 is 3.21. The molecule has 6 heteroatoms. The third-order valence-corrected chi connectivity index (χ3v) is 3.50. The number of nitrogens with zero attached hydrogens (tertiary/aromatic N) is 2. The third kappa shape index (κ3) is 3.33. The van der Waals surface area contributed by atoms with Crippen LogP contribution in [0.3, 0.4) is 0 Å². The van der Waals surface area contributed by atoms with Crippen LogP contribution in [0.2, 0.25) is 0 Å². The third-order valence-electron chi connectivity index (χ3n) is 2.71. The number of rotatable bonds is 4. The zero-order valence-corrected chi connectivity index (χ0v) is 12.8. The van der Waals surface area contributed by atoms with Crippen LogP contribution in [0.5, 0.6) is 0 Å². The van der Waals surface area contributed by atoms with Crippen LogP contribution in [0.25, 0.3) is 0 Å². The van der Waals surface area contributed by atoms with Gasteiger partial charge in [0.2, 0.25) is 0 Å². The number of hydrazone groups is 1. The molecule has 1 aromatic heterocycles. The first-order valence-corrected chi connectivity index (χ1v) is 7.01. The molecule has 0 aliphatic carbocycles. The average molecular weight is 335 g/mol. The Kier molecular flexibility index (Phi) is 4.68. The Hall–Kier alpha value is -1.95. The summed E-state index contributed by atoms with van der Waals surface area (Å²) in [5.74, 6) is 0.249. The van der Waals surface area contributed by atoms with E-state index in [1.807, 2.05) is 30.3 Å². The number of aromatic nitrogens is 2. The second kappa shape index (κ2) is 6.47. The normalized spacial score (nSPS) is 11.7. The van der Waals surface area contributed by atoms with Crippen molar-refractivity contribution in [2.75, 3.05) is 5.43 Å². The summed E-state index contributed by atoms with van der Waals surface area (Å²) in [7, 11) is 0. The van der Waals surface area contributed by atoms with E-state index in [-0.39, 0.29) is 11.5 Å². The number of benzene rings is 1. The summed E-state index contributed by atoms with van der Waals surface area (Å²) in [6, 6.07) is 9.92. The molecule has 5 nitrogen and oxygen atoms in total. The lowest BCUT2D eigenvalue weighted by Gasteiger charge is -2.11. The first kappa shape index (κ1) is 14.5. The molecular weight excluding hydrogens is 320 g/mol. The molecular formula is C14H15BrN4O. The van der Waals surface area contributed by atoms with Gasteiger partial charge in [0, 0.05) is 0 Å². The fourth-order valence-electron chi connectivity index (χ4n) is 1.72. The summed E-state index contributed by atoms with van der Waals surface area (Å²) in [4.78, 5) is 11.4. The van der Waals surface area contributed by atoms with Gasteiger partial charge in [0.1, 0.15) is 4.47 Å². The lowest BCUT2D eigenvalue weighted by molar-refractivity contribution is 0.880. The Bertz CT molecular complexity index is 664. The SMILES string of the molecule is CC(C)C(=NNc1cn[nH]c(=O)c1Br)c1ccccc1. The van der Waals surface area contributed by atoms with Crippen LogP contribution < -0.4 is 11.0 Å². The van der Waals surface area contributed by atoms with Gasteiger partial charge < -0.3 is 0 Å². The van der Waals surface area contributed by atoms with E-state index in [0.29, 0.717) is 10.2 Å². The molecule has 2 rings (SSSR count). The molecule has 0 aliphatic heterocycles. The van der Waals surface area contributed by atoms with Gasteiger partial charge >= 0.3 is 0 Å². The second-order valence-corrected chi connectivity index (χ2v) is 5.35. The van der Waals surface area contributed by atoms with Crippen molar-refractivity contribution < 1.29 is 0 Å². The van der Waals surface area contributed by atoms with E-state index in [9.17, 15) is 4.79 Å². The molecule has 2 N–H and O–H groups in total. The van der Waals surface area contributed by atoms with Crippen molar-refractivity contribution in [2.45, 2.75) is 13.8 Å². The van der Waals surface area contributed by atoms with Crippen LogP contribution in [-0.2, 0) is 0 Å². The maximum absolute atomic E-state index is 11.4. The van der Waals surface area contributed by atoms with Gasteiger partial charge in [0.05, 0.1) is 17.6 Å². The summed E-state index contributed by atoms with van der Waals surface area (Å²) in [5.41, 5.74) is 5.09. The van der Waals surface area contributed by atoms with Crippen LogP contribution in [0.4, 0.5) is 5.69 Å². The molecule has 104 valence electrons. The molecule has 0 spiro atoms. The Labute approximate surface area is 125 Å². The molecule has 0 aliphatic rings. The van der Waals surface area contributed by atoms with Gasteiger partial charge in [-0.15, -0.1) is 0 Å². The van der Waals surface area contributed by atoms with Crippen LogP contribution in [0.1, 0.15) is 19.4 Å². The Morgan fingerprint density at radius 1 is 1.35 bits per heavy atom. The van der Waals surface area contributed by atoms with Crippen molar-refractivity contribution in [3.63, 3.8) is 0 Å². The first-order valence-electron chi connectivity index (χ1n) is 6.21. The van der Waals surface area contributed by atoms with Crippen molar-refractivity contribution in [1.29, 1.82) is 0 Å². The van der Waals surface area contributed by atoms with E-state index in [0.717, 1.165) is 11.3 Å². The summed E-state index contributed by atoms with van der Waals surface area (Å²) in [5, 5.41) is 10.5. The number of H-pyrrole nitrogens is 1. The zero-order valence-electron chi connectivity index (χ0n) is 11.2. The minimum Gasteiger partial charge on any atom is -0.275 e. The molecule has 0 amide bonds. The minimum atomic E-state index is -0.295. The number of hydrogen-bond acceptors (Lipinski definition) is 4. The van der Waals surface area contributed by atoms with Gasteiger partial charge in [-0.05, 0) is 27.4 Å². The average Bonchev–Trinajstić information content (AvgIpc) is 2.44. The number of nitrogens with one attached hydrogen (secondary N) is 2. The highest BCUT2D eigenvalue weighted by molar-refractivity contribution is 9.10. The summed E-state index contributed by atoms with van der Waals surface area (Å²) < 4.78 is 0.382. The van der Waals surface area contributed by atoms with Gasteiger partial charge in [-0.25, -0.2) is 5.10 Å².